The van der Waals surface area contributed by atoms with Crippen LogP contribution in [0.4, 0.5) is 13.2 Å². The Morgan fingerprint density at radius 2 is 1.90 bits per heavy atom. The topological polar surface area (TPSA) is 57.3 Å². The van der Waals surface area contributed by atoms with E-state index in [4.69, 9.17) is 23.2 Å². The fourth-order valence-corrected chi connectivity index (χ4v) is 3.96. The van der Waals surface area contributed by atoms with Gasteiger partial charge in [-0.15, -0.1) is 5.06 Å². The first-order chi connectivity index (χ1) is 14.7. The van der Waals surface area contributed by atoms with Crippen LogP contribution in [0, 0.1) is 0 Å². The Morgan fingerprint density at radius 3 is 2.58 bits per heavy atom. The molecule has 0 amide bonds. The predicted molar refractivity (Wildman–Crippen MR) is 106 cm³/mol. The maximum atomic E-state index is 13.3. The number of ketones is 1. The van der Waals surface area contributed by atoms with Crippen LogP contribution in [0.25, 0.3) is 0 Å². The van der Waals surface area contributed by atoms with E-state index in [-0.39, 0.29) is 22.7 Å². The van der Waals surface area contributed by atoms with E-state index in [2.05, 4.69) is 4.98 Å². The Labute approximate surface area is 185 Å². The summed E-state index contributed by atoms with van der Waals surface area (Å²) in [5.74, 6) is -0.574. The molecule has 0 aliphatic carbocycles. The zero-order valence-electron chi connectivity index (χ0n) is 15.7. The van der Waals surface area contributed by atoms with Gasteiger partial charge < -0.3 is 5.21 Å². The Bertz CT molecular complexity index is 1140. The number of aromatic nitrogens is 2. The number of nitrogens with zero attached hydrogens (tertiary/aromatic N) is 3. The average molecular weight is 469 g/mol. The SMILES string of the molecule is O=C1c2cccc[n+]2C(Cc2ccc(Cl)nc2)N(O)C1c1cc(C(F)(F)F)ccc1Cl. The maximum Gasteiger partial charge on any atom is 0.416 e. The number of alkyl halides is 3. The fraction of sp³-hybridized carbons (Fsp3) is 0.190. The first-order valence-electron chi connectivity index (χ1n) is 9.15. The van der Waals surface area contributed by atoms with Crippen molar-refractivity contribution in [3.05, 3.63) is 93.5 Å². The van der Waals surface area contributed by atoms with Gasteiger partial charge in [0.15, 0.2) is 6.20 Å². The molecule has 1 aliphatic rings. The van der Waals surface area contributed by atoms with Gasteiger partial charge in [0.2, 0.25) is 6.17 Å². The molecule has 2 aromatic heterocycles. The van der Waals surface area contributed by atoms with E-state index in [9.17, 15) is 23.2 Å². The van der Waals surface area contributed by atoms with Crippen molar-refractivity contribution in [2.45, 2.75) is 24.8 Å². The predicted octanol–water partition coefficient (Wildman–Crippen LogP) is 5.06. The third kappa shape index (κ3) is 4.16. The number of hydroxylamine groups is 2. The number of hydrogen-bond donors (Lipinski definition) is 1. The van der Waals surface area contributed by atoms with Crippen LogP contribution in [0.1, 0.15) is 39.4 Å². The summed E-state index contributed by atoms with van der Waals surface area (Å²) >= 11 is 12.0. The molecule has 3 aromatic rings. The summed E-state index contributed by atoms with van der Waals surface area (Å²) in [5, 5.41) is 12.0. The number of pyridine rings is 2. The number of fused-ring (bicyclic) bond motifs is 1. The van der Waals surface area contributed by atoms with Crippen molar-refractivity contribution in [1.29, 1.82) is 0 Å². The normalized spacial score (nSPS) is 19.4. The van der Waals surface area contributed by atoms with E-state index < -0.39 is 29.7 Å². The van der Waals surface area contributed by atoms with E-state index in [0.29, 0.717) is 10.7 Å². The third-order valence-electron chi connectivity index (χ3n) is 5.11. The zero-order valence-corrected chi connectivity index (χ0v) is 17.2. The second-order valence-corrected chi connectivity index (χ2v) is 7.84. The van der Waals surface area contributed by atoms with Crippen molar-refractivity contribution in [3.63, 3.8) is 0 Å². The van der Waals surface area contributed by atoms with Crippen LogP contribution < -0.4 is 4.57 Å². The van der Waals surface area contributed by atoms with Crippen molar-refractivity contribution < 1.29 is 27.7 Å². The van der Waals surface area contributed by atoms with Crippen LogP contribution in [0.5, 0.6) is 0 Å². The van der Waals surface area contributed by atoms with Gasteiger partial charge in [0.25, 0.3) is 11.5 Å². The monoisotopic (exact) mass is 468 g/mol. The minimum atomic E-state index is -4.63. The molecule has 4 rings (SSSR count). The van der Waals surface area contributed by atoms with Gasteiger partial charge in [-0.2, -0.15) is 17.7 Å². The van der Waals surface area contributed by atoms with Gasteiger partial charge in [-0.05, 0) is 41.5 Å². The van der Waals surface area contributed by atoms with Crippen molar-refractivity contribution in [3.8, 4) is 0 Å². The molecule has 31 heavy (non-hydrogen) atoms. The Kier molecular flexibility index (Phi) is 5.74. The minimum absolute atomic E-state index is 0.0540. The summed E-state index contributed by atoms with van der Waals surface area (Å²) < 4.78 is 41.4. The van der Waals surface area contributed by atoms with Gasteiger partial charge in [0, 0.05) is 23.4 Å². The molecule has 10 heteroatoms. The second-order valence-electron chi connectivity index (χ2n) is 7.05. The quantitative estimate of drug-likeness (QED) is 0.430. The van der Waals surface area contributed by atoms with Gasteiger partial charge in [-0.3, -0.25) is 4.79 Å². The smallest absolute Gasteiger partial charge is 0.307 e. The summed E-state index contributed by atoms with van der Waals surface area (Å²) in [6, 6.07) is 9.48. The molecule has 1 aliphatic heterocycles. The number of carbonyl (C=O) groups excluding carboxylic acids is 1. The van der Waals surface area contributed by atoms with Crippen LogP contribution >= 0.6 is 23.2 Å². The lowest BCUT2D eigenvalue weighted by Crippen LogP contribution is -2.59. The van der Waals surface area contributed by atoms with E-state index in [1.54, 1.807) is 41.1 Å². The van der Waals surface area contributed by atoms with E-state index in [1.807, 2.05) is 0 Å². The van der Waals surface area contributed by atoms with Crippen LogP contribution in [0.2, 0.25) is 10.2 Å². The van der Waals surface area contributed by atoms with Gasteiger partial charge in [0.1, 0.15) is 11.2 Å². The van der Waals surface area contributed by atoms with Crippen molar-refractivity contribution >= 4 is 29.0 Å². The summed E-state index contributed by atoms with van der Waals surface area (Å²) in [4.78, 5) is 17.2. The van der Waals surface area contributed by atoms with Crippen molar-refractivity contribution in [2.24, 2.45) is 0 Å². The molecular weight excluding hydrogens is 454 g/mol. The van der Waals surface area contributed by atoms with Crippen molar-refractivity contribution in [1.82, 2.24) is 10.0 Å². The molecule has 0 spiro atoms. The van der Waals surface area contributed by atoms with Crippen LogP contribution in [-0.4, -0.2) is 21.0 Å². The molecule has 1 N–H and O–H groups in total. The molecule has 0 saturated heterocycles. The molecule has 160 valence electrons. The fourth-order valence-electron chi connectivity index (χ4n) is 3.63. The average Bonchev–Trinajstić information content (AvgIpc) is 2.73. The lowest BCUT2D eigenvalue weighted by atomic mass is 9.94. The number of rotatable bonds is 3. The second kappa shape index (κ2) is 8.20. The standard InChI is InChI=1S/C21H15Cl2F3N3O2/c22-15-6-5-13(21(24,25)26)10-14(15)19-20(30)16-3-1-2-8-28(16)18(29(19)31)9-12-4-7-17(23)27-11-12/h1-8,10-11,18-19,31H,9H2/q+1. The molecule has 2 atom stereocenters. The highest BCUT2D eigenvalue weighted by Gasteiger charge is 2.47. The number of halogens is 5. The van der Waals surface area contributed by atoms with Crippen molar-refractivity contribution in [2.75, 3.05) is 0 Å². The minimum Gasteiger partial charge on any atom is -0.307 e. The lowest BCUT2D eigenvalue weighted by Gasteiger charge is -2.33. The number of Topliss-reactive ketones (excluding diaryl/α,β-unsaturated/α-hetero) is 1. The molecule has 0 radical (unpaired) electrons. The number of carbonyl (C=O) groups is 1. The Hall–Kier alpha value is -2.52. The molecule has 0 bridgehead atoms. The first-order valence-corrected chi connectivity index (χ1v) is 9.91. The highest BCUT2D eigenvalue weighted by atomic mass is 35.5. The summed E-state index contributed by atoms with van der Waals surface area (Å²) in [6.45, 7) is 0. The Balaban J connectivity index is 1.82. The number of benzene rings is 1. The molecular formula is C21H15Cl2F3N3O2+. The van der Waals surface area contributed by atoms with E-state index in [1.165, 1.54) is 6.20 Å². The van der Waals surface area contributed by atoms with Gasteiger partial charge >= 0.3 is 6.18 Å². The third-order valence-corrected chi connectivity index (χ3v) is 5.67. The van der Waals surface area contributed by atoms with Gasteiger partial charge in [0.05, 0.1) is 12.0 Å². The Morgan fingerprint density at radius 1 is 1.13 bits per heavy atom. The maximum absolute atomic E-state index is 13.3. The number of hydrogen-bond acceptors (Lipinski definition) is 4. The zero-order chi connectivity index (χ0) is 22.3. The van der Waals surface area contributed by atoms with Crippen LogP contribution in [0.15, 0.2) is 60.9 Å². The highest BCUT2D eigenvalue weighted by Crippen LogP contribution is 2.39. The lowest BCUT2D eigenvalue weighted by molar-refractivity contribution is -0.764. The summed E-state index contributed by atoms with van der Waals surface area (Å²) in [6.07, 6.45) is -2.06. The molecule has 3 heterocycles. The molecule has 5 nitrogen and oxygen atoms in total. The molecule has 1 aromatic carbocycles. The summed E-state index contributed by atoms with van der Waals surface area (Å²) in [5.41, 5.74) is -0.145. The highest BCUT2D eigenvalue weighted by molar-refractivity contribution is 6.31. The largest absolute Gasteiger partial charge is 0.416 e. The van der Waals surface area contributed by atoms with E-state index >= 15 is 0 Å². The first kappa shape index (κ1) is 21.7. The summed E-state index contributed by atoms with van der Waals surface area (Å²) in [7, 11) is 0. The van der Waals surface area contributed by atoms with Gasteiger partial charge in [-0.25, -0.2) is 4.98 Å². The molecule has 2 unspecified atom stereocenters. The van der Waals surface area contributed by atoms with Gasteiger partial charge in [-0.1, -0.05) is 29.3 Å². The molecule has 0 fully saturated rings. The molecule has 0 saturated carbocycles. The van der Waals surface area contributed by atoms with Crippen LogP contribution in [0.3, 0.4) is 0 Å². The van der Waals surface area contributed by atoms with E-state index in [0.717, 1.165) is 23.3 Å². The van der Waals surface area contributed by atoms with Crippen LogP contribution in [-0.2, 0) is 12.6 Å².